The number of nitrogens with zero attached hydrogens (tertiary/aromatic N) is 1. The largest absolute Gasteiger partial charge is 0.316 e. The van der Waals surface area contributed by atoms with Crippen molar-refractivity contribution in [3.8, 4) is 0 Å². The zero-order chi connectivity index (χ0) is 10.5. The van der Waals surface area contributed by atoms with Crippen molar-refractivity contribution in [3.63, 3.8) is 0 Å². The minimum absolute atomic E-state index is 0.611. The van der Waals surface area contributed by atoms with Gasteiger partial charge in [0.2, 0.25) is 0 Å². The van der Waals surface area contributed by atoms with Crippen LogP contribution in [0.4, 0.5) is 0 Å². The van der Waals surface area contributed by atoms with Crippen molar-refractivity contribution in [1.82, 2.24) is 10.3 Å². The van der Waals surface area contributed by atoms with Crippen molar-refractivity contribution in [2.75, 3.05) is 12.8 Å². The van der Waals surface area contributed by atoms with Crippen molar-refractivity contribution in [2.45, 2.75) is 30.6 Å². The maximum Gasteiger partial charge on any atom is 0.0270 e. The van der Waals surface area contributed by atoms with Crippen LogP contribution in [-0.4, -0.2) is 29.1 Å². The number of hydrogen-bond acceptors (Lipinski definition) is 3. The van der Waals surface area contributed by atoms with Gasteiger partial charge in [0.05, 0.1) is 0 Å². The van der Waals surface area contributed by atoms with Crippen LogP contribution >= 0.6 is 11.8 Å². The second-order valence-electron chi connectivity index (χ2n) is 4.01. The molecule has 1 aliphatic rings. The van der Waals surface area contributed by atoms with Crippen LogP contribution in [0.5, 0.6) is 0 Å². The molecule has 2 nitrogen and oxygen atoms in total. The minimum atomic E-state index is 0.611. The molecule has 2 unspecified atom stereocenters. The molecule has 1 N–H and O–H groups in total. The first-order valence-electron chi connectivity index (χ1n) is 5.58. The lowest BCUT2D eigenvalue weighted by atomic mass is 10.0. The first-order chi connectivity index (χ1) is 7.40. The molecule has 1 fully saturated rings. The summed E-state index contributed by atoms with van der Waals surface area (Å²) in [7, 11) is 2.07. The molecule has 2 heterocycles. The van der Waals surface area contributed by atoms with Crippen LogP contribution in [0.1, 0.15) is 18.4 Å². The first-order valence-corrected chi connectivity index (χ1v) is 6.63. The molecule has 1 aromatic rings. The van der Waals surface area contributed by atoms with Gasteiger partial charge in [-0.15, -0.1) is 0 Å². The monoisotopic (exact) mass is 222 g/mol. The minimum Gasteiger partial charge on any atom is -0.316 e. The summed E-state index contributed by atoms with van der Waals surface area (Å²) in [5.41, 5.74) is 1.39. The van der Waals surface area contributed by atoms with E-state index in [1.54, 1.807) is 0 Å². The van der Waals surface area contributed by atoms with E-state index in [-0.39, 0.29) is 0 Å². The maximum atomic E-state index is 4.05. The molecule has 3 heteroatoms. The van der Waals surface area contributed by atoms with E-state index >= 15 is 0 Å². The Labute approximate surface area is 95.9 Å². The third kappa shape index (κ3) is 2.95. The molecule has 15 heavy (non-hydrogen) atoms. The highest BCUT2D eigenvalue weighted by atomic mass is 32.2. The highest BCUT2D eigenvalue weighted by Gasteiger charge is 2.24. The summed E-state index contributed by atoms with van der Waals surface area (Å²) in [6.45, 7) is 0. The molecule has 0 amide bonds. The zero-order valence-corrected chi connectivity index (χ0v) is 9.96. The predicted octanol–water partition coefficient (Wildman–Crippen LogP) is 2.11. The molecule has 1 aliphatic heterocycles. The Kier molecular flexibility index (Phi) is 4.03. The molecule has 0 aromatic carbocycles. The number of hydrogen-bond donors (Lipinski definition) is 1. The van der Waals surface area contributed by atoms with Gasteiger partial charge < -0.3 is 5.32 Å². The van der Waals surface area contributed by atoms with Crippen LogP contribution in [0, 0.1) is 0 Å². The highest BCUT2D eigenvalue weighted by molar-refractivity contribution is 8.00. The lowest BCUT2D eigenvalue weighted by Gasteiger charge is -2.22. The summed E-state index contributed by atoms with van der Waals surface area (Å²) < 4.78 is 0. The van der Waals surface area contributed by atoms with Gasteiger partial charge >= 0.3 is 0 Å². The highest BCUT2D eigenvalue weighted by Crippen LogP contribution is 2.29. The van der Waals surface area contributed by atoms with Gasteiger partial charge in [-0.2, -0.15) is 11.8 Å². The van der Waals surface area contributed by atoms with Crippen molar-refractivity contribution in [2.24, 2.45) is 0 Å². The van der Waals surface area contributed by atoms with E-state index in [2.05, 4.69) is 41.2 Å². The van der Waals surface area contributed by atoms with Crippen LogP contribution in [0.2, 0.25) is 0 Å². The second kappa shape index (κ2) is 5.52. The molecule has 0 radical (unpaired) electrons. The number of rotatable bonds is 4. The maximum absolute atomic E-state index is 4.05. The quantitative estimate of drug-likeness (QED) is 0.844. The van der Waals surface area contributed by atoms with Crippen LogP contribution in [-0.2, 0) is 6.42 Å². The molecule has 0 aliphatic carbocycles. The number of thioether (sulfide) groups is 1. The van der Waals surface area contributed by atoms with Gasteiger partial charge in [-0.05, 0) is 49.8 Å². The summed E-state index contributed by atoms with van der Waals surface area (Å²) in [6, 6.07) is 4.84. The summed E-state index contributed by atoms with van der Waals surface area (Å²) in [5.74, 6) is 1.33. The molecule has 1 saturated heterocycles. The molecular formula is C12H18N2S. The van der Waals surface area contributed by atoms with E-state index in [0.29, 0.717) is 6.04 Å². The summed E-state index contributed by atoms with van der Waals surface area (Å²) in [6.07, 6.45) is 7.62. The second-order valence-corrected chi connectivity index (χ2v) is 5.35. The van der Waals surface area contributed by atoms with Crippen molar-refractivity contribution < 1.29 is 0 Å². The molecule has 82 valence electrons. The average Bonchev–Trinajstić information content (AvgIpc) is 2.81. The Balaban J connectivity index is 1.96. The van der Waals surface area contributed by atoms with Crippen molar-refractivity contribution in [3.05, 3.63) is 30.1 Å². The van der Waals surface area contributed by atoms with E-state index < -0.39 is 0 Å². The lowest BCUT2D eigenvalue weighted by molar-refractivity contribution is 0.524. The zero-order valence-electron chi connectivity index (χ0n) is 9.15. The molecule has 0 spiro atoms. The van der Waals surface area contributed by atoms with Crippen molar-refractivity contribution in [1.29, 1.82) is 0 Å². The van der Waals surface area contributed by atoms with E-state index in [4.69, 9.17) is 0 Å². The fourth-order valence-electron chi connectivity index (χ4n) is 2.11. The summed E-state index contributed by atoms with van der Waals surface area (Å²) in [4.78, 5) is 4.05. The van der Waals surface area contributed by atoms with Crippen LogP contribution in [0.25, 0.3) is 0 Å². The Bertz CT molecular complexity index is 283. The molecular weight excluding hydrogens is 204 g/mol. The summed E-state index contributed by atoms with van der Waals surface area (Å²) in [5, 5.41) is 4.25. The van der Waals surface area contributed by atoms with E-state index in [0.717, 1.165) is 11.7 Å². The average molecular weight is 222 g/mol. The Morgan fingerprint density at radius 2 is 2.33 bits per heavy atom. The Hall–Kier alpha value is -0.540. The van der Waals surface area contributed by atoms with E-state index in [9.17, 15) is 0 Å². The molecule has 2 rings (SSSR count). The number of likely N-dealkylation sites (N-methyl/N-ethyl adjacent to an activating group) is 1. The standard InChI is InChI=1S/C12H18N2S/c1-13-11(12-3-2-8-15-12)9-10-4-6-14-7-5-10/h4-7,11-13H,2-3,8-9H2,1H3. The van der Waals surface area contributed by atoms with Gasteiger partial charge in [0.1, 0.15) is 0 Å². The first kappa shape index (κ1) is 11.0. The molecule has 2 atom stereocenters. The Morgan fingerprint density at radius 3 is 2.93 bits per heavy atom. The van der Waals surface area contributed by atoms with E-state index in [1.807, 2.05) is 12.4 Å². The van der Waals surface area contributed by atoms with Crippen LogP contribution in [0.3, 0.4) is 0 Å². The lowest BCUT2D eigenvalue weighted by Crippen LogP contribution is -2.36. The molecule has 0 bridgehead atoms. The van der Waals surface area contributed by atoms with Gasteiger partial charge in [0, 0.05) is 23.7 Å². The van der Waals surface area contributed by atoms with Gasteiger partial charge in [0.25, 0.3) is 0 Å². The predicted molar refractivity (Wildman–Crippen MR) is 66.3 cm³/mol. The normalized spacial score (nSPS) is 22.9. The van der Waals surface area contributed by atoms with Gasteiger partial charge in [0.15, 0.2) is 0 Å². The third-order valence-electron chi connectivity index (χ3n) is 2.99. The molecule has 0 saturated carbocycles. The van der Waals surface area contributed by atoms with E-state index in [1.165, 1.54) is 24.2 Å². The Morgan fingerprint density at radius 1 is 1.53 bits per heavy atom. The van der Waals surface area contributed by atoms with Crippen LogP contribution < -0.4 is 5.32 Å². The SMILES string of the molecule is CNC(Cc1ccncc1)C1CCCS1. The van der Waals surface area contributed by atoms with Crippen molar-refractivity contribution >= 4 is 11.8 Å². The third-order valence-corrected chi connectivity index (χ3v) is 4.51. The van der Waals surface area contributed by atoms with Gasteiger partial charge in [-0.25, -0.2) is 0 Å². The smallest absolute Gasteiger partial charge is 0.0270 e. The number of nitrogens with one attached hydrogen (secondary N) is 1. The fraction of sp³-hybridized carbons (Fsp3) is 0.583. The fourth-order valence-corrected chi connectivity index (χ4v) is 3.55. The number of pyridine rings is 1. The van der Waals surface area contributed by atoms with Gasteiger partial charge in [-0.3, -0.25) is 4.98 Å². The number of aromatic nitrogens is 1. The van der Waals surface area contributed by atoms with Crippen LogP contribution in [0.15, 0.2) is 24.5 Å². The summed E-state index contributed by atoms with van der Waals surface area (Å²) >= 11 is 2.12. The van der Waals surface area contributed by atoms with Gasteiger partial charge in [-0.1, -0.05) is 0 Å². The topological polar surface area (TPSA) is 24.9 Å². The molecule has 1 aromatic heterocycles.